The number of nitrogens with zero attached hydrogens (tertiary/aromatic N) is 1. The van der Waals surface area contributed by atoms with Crippen LogP contribution >= 0.6 is 23.2 Å². The average molecular weight is 493 g/mol. The molecule has 0 saturated carbocycles. The fraction of sp³-hybridized carbons (Fsp3) is 0.174. The molecule has 0 spiro atoms. The number of sulfonamides is 1. The summed E-state index contributed by atoms with van der Waals surface area (Å²) in [7, 11) is -2.65. The van der Waals surface area contributed by atoms with E-state index in [9.17, 15) is 13.2 Å². The van der Waals surface area contributed by atoms with Crippen molar-refractivity contribution in [2.24, 2.45) is 0 Å². The molecule has 0 aliphatic carbocycles. The Balaban J connectivity index is 1.94. The lowest BCUT2D eigenvalue weighted by atomic mass is 10.2. The van der Waals surface area contributed by atoms with Crippen LogP contribution in [0.2, 0.25) is 10.0 Å². The number of hydrogen-bond acceptors (Lipinski definition) is 4. The second-order valence-electron chi connectivity index (χ2n) is 7.09. The zero-order valence-electron chi connectivity index (χ0n) is 17.5. The van der Waals surface area contributed by atoms with Crippen LogP contribution in [0.1, 0.15) is 11.1 Å². The standard InChI is InChI=1S/C23H22Cl2N2O4S/c1-16-8-11-21(31-2)20(12-16)26-23(28)15-27(14-17-6-4-3-5-7-17)32(29,30)22-13-18(24)9-10-19(22)25/h3-13H,14-15H2,1-2H3,(H,26,28). The van der Waals surface area contributed by atoms with E-state index < -0.39 is 22.5 Å². The van der Waals surface area contributed by atoms with Crippen LogP contribution in [0.3, 0.4) is 0 Å². The summed E-state index contributed by atoms with van der Waals surface area (Å²) < 4.78 is 33.3. The molecule has 0 radical (unpaired) electrons. The van der Waals surface area contributed by atoms with Crippen molar-refractivity contribution in [2.45, 2.75) is 18.4 Å². The summed E-state index contributed by atoms with van der Waals surface area (Å²) in [5.74, 6) is -0.0501. The third-order valence-electron chi connectivity index (χ3n) is 4.66. The smallest absolute Gasteiger partial charge is 0.245 e. The molecule has 0 bridgehead atoms. The maximum Gasteiger partial charge on any atom is 0.245 e. The topological polar surface area (TPSA) is 75.7 Å². The minimum atomic E-state index is -4.14. The first-order valence-corrected chi connectivity index (χ1v) is 11.8. The van der Waals surface area contributed by atoms with Gasteiger partial charge in [-0.2, -0.15) is 4.31 Å². The van der Waals surface area contributed by atoms with Crippen LogP contribution in [0.25, 0.3) is 0 Å². The molecule has 0 heterocycles. The van der Waals surface area contributed by atoms with Gasteiger partial charge in [-0.3, -0.25) is 4.79 Å². The van der Waals surface area contributed by atoms with Gasteiger partial charge in [0.1, 0.15) is 10.6 Å². The minimum Gasteiger partial charge on any atom is -0.495 e. The Hall–Kier alpha value is -2.58. The number of aryl methyl sites for hydroxylation is 1. The minimum absolute atomic E-state index is 0.0215. The maximum absolute atomic E-state index is 13.5. The van der Waals surface area contributed by atoms with Crippen molar-refractivity contribution < 1.29 is 17.9 Å². The molecule has 1 N–H and O–H groups in total. The first-order valence-electron chi connectivity index (χ1n) is 9.64. The molecule has 0 unspecified atom stereocenters. The number of rotatable bonds is 8. The van der Waals surface area contributed by atoms with E-state index in [0.29, 0.717) is 11.4 Å². The average Bonchev–Trinajstić information content (AvgIpc) is 2.75. The lowest BCUT2D eigenvalue weighted by Crippen LogP contribution is -2.37. The molecule has 32 heavy (non-hydrogen) atoms. The Morgan fingerprint density at radius 3 is 2.44 bits per heavy atom. The van der Waals surface area contributed by atoms with Gasteiger partial charge in [-0.25, -0.2) is 8.42 Å². The summed E-state index contributed by atoms with van der Waals surface area (Å²) in [6.45, 7) is 1.42. The monoisotopic (exact) mass is 492 g/mol. The Bertz CT molecular complexity index is 1220. The predicted molar refractivity (Wildman–Crippen MR) is 127 cm³/mol. The van der Waals surface area contributed by atoms with Crippen LogP contribution in [0.4, 0.5) is 5.69 Å². The van der Waals surface area contributed by atoms with Gasteiger partial charge in [-0.1, -0.05) is 59.6 Å². The fourth-order valence-corrected chi connectivity index (χ4v) is 5.22. The molecule has 3 aromatic rings. The summed E-state index contributed by atoms with van der Waals surface area (Å²) >= 11 is 12.2. The Morgan fingerprint density at radius 2 is 1.75 bits per heavy atom. The SMILES string of the molecule is COc1ccc(C)cc1NC(=O)CN(Cc1ccccc1)S(=O)(=O)c1cc(Cl)ccc1Cl. The van der Waals surface area contributed by atoms with Crippen LogP contribution in [0, 0.1) is 6.92 Å². The largest absolute Gasteiger partial charge is 0.495 e. The Kier molecular flexibility index (Phi) is 7.79. The summed E-state index contributed by atoms with van der Waals surface area (Å²) in [4.78, 5) is 12.7. The molecule has 0 aromatic heterocycles. The van der Waals surface area contributed by atoms with Crippen LogP contribution < -0.4 is 10.1 Å². The number of ether oxygens (including phenoxy) is 1. The highest BCUT2D eigenvalue weighted by molar-refractivity contribution is 7.89. The molecular formula is C23H22Cl2N2O4S. The Labute approximate surface area is 197 Å². The maximum atomic E-state index is 13.5. The molecule has 168 valence electrons. The molecule has 0 saturated heterocycles. The van der Waals surface area contributed by atoms with Crippen molar-refractivity contribution in [3.05, 3.63) is 87.9 Å². The zero-order chi connectivity index (χ0) is 23.3. The van der Waals surface area contributed by atoms with Crippen LogP contribution in [0.5, 0.6) is 5.75 Å². The van der Waals surface area contributed by atoms with Crippen molar-refractivity contribution in [3.8, 4) is 5.75 Å². The van der Waals surface area contributed by atoms with E-state index in [1.54, 1.807) is 36.4 Å². The van der Waals surface area contributed by atoms with Gasteiger partial charge in [-0.05, 0) is 48.4 Å². The first kappa shape index (κ1) is 24.1. The van der Waals surface area contributed by atoms with Gasteiger partial charge in [0.2, 0.25) is 15.9 Å². The van der Waals surface area contributed by atoms with Gasteiger partial charge in [0.05, 0.1) is 24.4 Å². The van der Waals surface area contributed by atoms with E-state index in [4.69, 9.17) is 27.9 Å². The number of hydrogen-bond donors (Lipinski definition) is 1. The zero-order valence-corrected chi connectivity index (χ0v) is 19.8. The normalized spacial score (nSPS) is 11.4. The molecule has 6 nitrogen and oxygen atoms in total. The van der Waals surface area contributed by atoms with Gasteiger partial charge in [0.15, 0.2) is 0 Å². The second kappa shape index (κ2) is 10.4. The molecular weight excluding hydrogens is 471 g/mol. The number of carbonyl (C=O) groups is 1. The van der Waals surface area contributed by atoms with Crippen molar-refractivity contribution >= 4 is 44.8 Å². The van der Waals surface area contributed by atoms with E-state index in [0.717, 1.165) is 15.4 Å². The van der Waals surface area contributed by atoms with Gasteiger partial charge >= 0.3 is 0 Å². The number of carbonyl (C=O) groups excluding carboxylic acids is 1. The Morgan fingerprint density at radius 1 is 1.03 bits per heavy atom. The van der Waals surface area contributed by atoms with Crippen molar-refractivity contribution in [1.82, 2.24) is 4.31 Å². The molecule has 3 aromatic carbocycles. The van der Waals surface area contributed by atoms with Crippen LogP contribution in [0.15, 0.2) is 71.6 Å². The second-order valence-corrected chi connectivity index (χ2v) is 9.84. The number of nitrogens with one attached hydrogen (secondary N) is 1. The quantitative estimate of drug-likeness (QED) is 0.472. The lowest BCUT2D eigenvalue weighted by Gasteiger charge is -2.23. The highest BCUT2D eigenvalue weighted by Gasteiger charge is 2.29. The molecule has 0 fully saturated rings. The number of amides is 1. The predicted octanol–water partition coefficient (Wildman–Crippen LogP) is 5.14. The van der Waals surface area contributed by atoms with Gasteiger partial charge in [0, 0.05) is 11.6 Å². The number of benzene rings is 3. The fourth-order valence-electron chi connectivity index (χ4n) is 3.10. The molecule has 9 heteroatoms. The molecule has 0 aliphatic rings. The first-order chi connectivity index (χ1) is 15.2. The summed E-state index contributed by atoms with van der Waals surface area (Å²) in [5, 5.41) is 2.98. The van der Waals surface area contributed by atoms with Crippen molar-refractivity contribution in [1.29, 1.82) is 0 Å². The van der Waals surface area contributed by atoms with Gasteiger partial charge in [-0.15, -0.1) is 0 Å². The lowest BCUT2D eigenvalue weighted by molar-refractivity contribution is -0.116. The highest BCUT2D eigenvalue weighted by Crippen LogP contribution is 2.29. The van der Waals surface area contributed by atoms with Crippen molar-refractivity contribution in [2.75, 3.05) is 19.0 Å². The van der Waals surface area contributed by atoms with E-state index in [1.165, 1.54) is 25.3 Å². The van der Waals surface area contributed by atoms with E-state index in [1.807, 2.05) is 19.1 Å². The summed E-state index contributed by atoms with van der Waals surface area (Å²) in [5.41, 5.74) is 2.09. The number of halogens is 2. The van der Waals surface area contributed by atoms with Gasteiger partial charge in [0.25, 0.3) is 0 Å². The summed E-state index contributed by atoms with van der Waals surface area (Å²) in [6.07, 6.45) is 0. The van der Waals surface area contributed by atoms with Crippen LogP contribution in [-0.2, 0) is 21.4 Å². The third-order valence-corrected chi connectivity index (χ3v) is 7.17. The van der Waals surface area contributed by atoms with Crippen molar-refractivity contribution in [3.63, 3.8) is 0 Å². The van der Waals surface area contributed by atoms with E-state index in [2.05, 4.69) is 5.32 Å². The molecule has 3 rings (SSSR count). The summed E-state index contributed by atoms with van der Waals surface area (Å²) in [6, 6.07) is 18.5. The molecule has 0 atom stereocenters. The molecule has 1 amide bonds. The van der Waals surface area contributed by atoms with Gasteiger partial charge < -0.3 is 10.1 Å². The van der Waals surface area contributed by atoms with E-state index >= 15 is 0 Å². The van der Waals surface area contributed by atoms with Crippen LogP contribution in [-0.4, -0.2) is 32.3 Å². The third kappa shape index (κ3) is 5.81. The molecule has 0 aliphatic heterocycles. The van der Waals surface area contributed by atoms with E-state index in [-0.39, 0.29) is 21.5 Å². The number of methoxy groups -OCH3 is 1. The highest BCUT2D eigenvalue weighted by atomic mass is 35.5. The number of anilines is 1.